The van der Waals surface area contributed by atoms with Crippen molar-refractivity contribution in [1.29, 1.82) is 0 Å². The molecule has 1 heteroatoms. The molecule has 0 aliphatic heterocycles. The fourth-order valence-corrected chi connectivity index (χ4v) is 9.26. The molecule has 0 bridgehead atoms. The maximum atomic E-state index is 6.46. The molecule has 0 saturated heterocycles. The minimum atomic E-state index is 0.915. The van der Waals surface area contributed by atoms with E-state index >= 15 is 0 Å². The third-order valence-corrected chi connectivity index (χ3v) is 11.6. The van der Waals surface area contributed by atoms with Gasteiger partial charge in [0, 0.05) is 16.2 Å². The lowest BCUT2D eigenvalue weighted by molar-refractivity contribution is 0.672. The monoisotopic (exact) mass is 670 g/mol. The first-order chi connectivity index (χ1) is 26.3. The highest BCUT2D eigenvalue weighted by Gasteiger charge is 2.18. The molecule has 0 N–H and O–H groups in total. The Kier molecular flexibility index (Phi) is 5.84. The van der Waals surface area contributed by atoms with E-state index < -0.39 is 0 Å². The summed E-state index contributed by atoms with van der Waals surface area (Å²) in [4.78, 5) is 0. The van der Waals surface area contributed by atoms with Crippen LogP contribution in [0.25, 0.3) is 120 Å². The summed E-state index contributed by atoms with van der Waals surface area (Å²) in [6.07, 6.45) is 0. The summed E-state index contributed by atoms with van der Waals surface area (Å²) in [5.41, 5.74) is 6.73. The number of fused-ring (bicyclic) bond motifs is 17. The summed E-state index contributed by atoms with van der Waals surface area (Å²) in [6, 6.07) is 66.8. The number of rotatable bonds is 2. The molecule has 0 fully saturated rings. The van der Waals surface area contributed by atoms with E-state index in [4.69, 9.17) is 4.42 Å². The lowest BCUT2D eigenvalue weighted by atomic mass is 9.85. The zero-order chi connectivity index (χ0) is 34.6. The van der Waals surface area contributed by atoms with Gasteiger partial charge < -0.3 is 4.42 Å². The van der Waals surface area contributed by atoms with Gasteiger partial charge in [0.05, 0.1) is 0 Å². The molecule has 53 heavy (non-hydrogen) atoms. The molecule has 12 rings (SSSR count). The molecule has 0 aliphatic rings. The van der Waals surface area contributed by atoms with Crippen LogP contribution in [0.5, 0.6) is 0 Å². The van der Waals surface area contributed by atoms with E-state index in [1.165, 1.54) is 92.3 Å². The molecule has 0 unspecified atom stereocenters. The second-order valence-corrected chi connectivity index (χ2v) is 14.3. The van der Waals surface area contributed by atoms with Crippen LogP contribution in [0.2, 0.25) is 0 Å². The molecule has 0 radical (unpaired) electrons. The largest absolute Gasteiger partial charge is 0.455 e. The van der Waals surface area contributed by atoms with Gasteiger partial charge in [0.1, 0.15) is 11.2 Å². The van der Waals surface area contributed by atoms with Gasteiger partial charge in [-0.2, -0.15) is 0 Å². The molecule has 1 nitrogen and oxygen atoms in total. The van der Waals surface area contributed by atoms with Crippen molar-refractivity contribution in [2.24, 2.45) is 0 Å². The third kappa shape index (κ3) is 4.02. The quantitative estimate of drug-likeness (QED) is 0.167. The Morgan fingerprint density at radius 3 is 1.30 bits per heavy atom. The molecule has 12 aromatic rings. The Morgan fingerprint density at radius 1 is 0.264 bits per heavy atom. The molecule has 0 atom stereocenters. The first kappa shape index (κ1) is 28.7. The first-order valence-electron chi connectivity index (χ1n) is 18.3. The lowest BCUT2D eigenvalue weighted by Gasteiger charge is -2.17. The lowest BCUT2D eigenvalue weighted by Crippen LogP contribution is -1.90. The Balaban J connectivity index is 1.09. The highest BCUT2D eigenvalue weighted by molar-refractivity contribution is 6.39. The van der Waals surface area contributed by atoms with Crippen LogP contribution < -0.4 is 0 Å². The van der Waals surface area contributed by atoms with Crippen molar-refractivity contribution in [3.8, 4) is 22.3 Å². The highest BCUT2D eigenvalue weighted by atomic mass is 16.3. The van der Waals surface area contributed by atoms with Gasteiger partial charge in [-0.1, -0.05) is 158 Å². The topological polar surface area (TPSA) is 13.1 Å². The molecule has 1 heterocycles. The summed E-state index contributed by atoms with van der Waals surface area (Å²) in [5, 5.41) is 20.1. The number of furan rings is 1. The normalized spacial score (nSPS) is 12.2. The van der Waals surface area contributed by atoms with Crippen LogP contribution in [0, 0.1) is 0 Å². The van der Waals surface area contributed by atoms with Gasteiger partial charge in [-0.3, -0.25) is 0 Å². The fourth-order valence-electron chi connectivity index (χ4n) is 9.26. The molecule has 0 spiro atoms. The van der Waals surface area contributed by atoms with Crippen LogP contribution in [0.4, 0.5) is 0 Å². The Bertz CT molecular complexity index is 3510. The van der Waals surface area contributed by atoms with E-state index in [0.717, 1.165) is 27.3 Å². The molecule has 1 aromatic heterocycles. The summed E-state index contributed by atoms with van der Waals surface area (Å²) in [7, 11) is 0. The van der Waals surface area contributed by atoms with Crippen LogP contribution in [0.15, 0.2) is 186 Å². The van der Waals surface area contributed by atoms with Gasteiger partial charge in [-0.15, -0.1) is 0 Å². The summed E-state index contributed by atoms with van der Waals surface area (Å²) < 4.78 is 6.46. The van der Waals surface area contributed by atoms with Crippen LogP contribution >= 0.6 is 0 Å². The first-order valence-corrected chi connectivity index (χ1v) is 18.3. The van der Waals surface area contributed by atoms with Gasteiger partial charge in [0.15, 0.2) is 0 Å². The minimum absolute atomic E-state index is 0.915. The van der Waals surface area contributed by atoms with Crippen molar-refractivity contribution in [2.75, 3.05) is 0 Å². The van der Waals surface area contributed by atoms with Crippen molar-refractivity contribution in [3.05, 3.63) is 182 Å². The summed E-state index contributed by atoms with van der Waals surface area (Å²) >= 11 is 0. The second kappa shape index (κ2) is 10.8. The SMILES string of the molecule is c1ccc2c(c1)ccc1c3cc(-c4ccc(-c5ccc6c(c5)c5ccccc5c5c7ccccc7c7ccccc7c65)c5ccccc45)ccc3oc21. The molecule has 0 saturated carbocycles. The van der Waals surface area contributed by atoms with Crippen LogP contribution in [-0.4, -0.2) is 0 Å². The van der Waals surface area contributed by atoms with Gasteiger partial charge in [-0.05, 0) is 117 Å². The van der Waals surface area contributed by atoms with E-state index in [9.17, 15) is 0 Å². The van der Waals surface area contributed by atoms with Gasteiger partial charge in [0.2, 0.25) is 0 Å². The van der Waals surface area contributed by atoms with E-state index in [1.807, 2.05) is 0 Å². The van der Waals surface area contributed by atoms with Crippen molar-refractivity contribution >= 4 is 97.3 Å². The fraction of sp³-hybridized carbons (Fsp3) is 0. The Morgan fingerprint density at radius 2 is 0.698 bits per heavy atom. The standard InChI is InChI=1S/C52H30O/c1-2-12-36-31(11-1)21-25-46-48-30-33(23-28-49(48)53-52(36)46)35-27-26-34(37-13-3-4-14-38(35)37)32-22-24-45-47(29-32)41-17-7-10-20-44(41)50-42-18-8-5-15-39(42)40-16-6-9-19-43(40)51(45)50/h1-30H. The van der Waals surface area contributed by atoms with E-state index in [2.05, 4.69) is 182 Å². The van der Waals surface area contributed by atoms with Crippen molar-refractivity contribution in [3.63, 3.8) is 0 Å². The predicted molar refractivity (Wildman–Crippen MR) is 227 cm³/mol. The Hall–Kier alpha value is -6.96. The van der Waals surface area contributed by atoms with E-state index in [0.29, 0.717) is 0 Å². The zero-order valence-electron chi connectivity index (χ0n) is 28.7. The van der Waals surface area contributed by atoms with E-state index in [1.54, 1.807) is 0 Å². The van der Waals surface area contributed by atoms with Gasteiger partial charge in [-0.25, -0.2) is 0 Å². The zero-order valence-corrected chi connectivity index (χ0v) is 28.7. The maximum absolute atomic E-state index is 6.46. The van der Waals surface area contributed by atoms with Crippen molar-refractivity contribution in [2.45, 2.75) is 0 Å². The van der Waals surface area contributed by atoms with E-state index in [-0.39, 0.29) is 0 Å². The average Bonchev–Trinajstić information content (AvgIpc) is 3.61. The predicted octanol–water partition coefficient (Wildman–Crippen LogP) is 15.0. The molecule has 0 aliphatic carbocycles. The van der Waals surface area contributed by atoms with Crippen molar-refractivity contribution < 1.29 is 4.42 Å². The Labute approximate surface area is 304 Å². The molecular weight excluding hydrogens is 641 g/mol. The van der Waals surface area contributed by atoms with Crippen LogP contribution in [0.1, 0.15) is 0 Å². The minimum Gasteiger partial charge on any atom is -0.455 e. The molecular formula is C52H30O. The average molecular weight is 671 g/mol. The maximum Gasteiger partial charge on any atom is 0.143 e. The van der Waals surface area contributed by atoms with Gasteiger partial charge in [0.25, 0.3) is 0 Å². The van der Waals surface area contributed by atoms with Crippen LogP contribution in [-0.2, 0) is 0 Å². The second-order valence-electron chi connectivity index (χ2n) is 14.3. The number of hydrogen-bond acceptors (Lipinski definition) is 1. The third-order valence-electron chi connectivity index (χ3n) is 11.6. The highest BCUT2D eigenvalue weighted by Crippen LogP contribution is 2.46. The number of benzene rings is 11. The smallest absolute Gasteiger partial charge is 0.143 e. The summed E-state index contributed by atoms with van der Waals surface area (Å²) in [5.74, 6) is 0. The number of hydrogen-bond donors (Lipinski definition) is 0. The summed E-state index contributed by atoms with van der Waals surface area (Å²) in [6.45, 7) is 0. The molecule has 11 aromatic carbocycles. The van der Waals surface area contributed by atoms with Gasteiger partial charge >= 0.3 is 0 Å². The molecule has 0 amide bonds. The van der Waals surface area contributed by atoms with Crippen molar-refractivity contribution in [1.82, 2.24) is 0 Å². The molecule has 244 valence electrons. The van der Waals surface area contributed by atoms with Crippen LogP contribution in [0.3, 0.4) is 0 Å².